The van der Waals surface area contributed by atoms with Gasteiger partial charge in [-0.15, -0.1) is 0 Å². The van der Waals surface area contributed by atoms with Crippen molar-refractivity contribution in [3.05, 3.63) is 36.3 Å². The van der Waals surface area contributed by atoms with E-state index in [0.29, 0.717) is 48.6 Å². The molecule has 1 N–H and O–H groups in total. The normalized spacial score (nSPS) is 29.3. The molecule has 4 fully saturated rings. The molecule has 2 aromatic rings. The van der Waals surface area contributed by atoms with E-state index in [1.807, 2.05) is 19.9 Å². The van der Waals surface area contributed by atoms with Crippen LogP contribution in [0.2, 0.25) is 0 Å². The maximum absolute atomic E-state index is 13.6. The molecule has 9 heteroatoms. The second-order valence-corrected chi connectivity index (χ2v) is 11.3. The number of nitrogens with one attached hydrogen (secondary N) is 1. The number of aromatic nitrogens is 4. The summed E-state index contributed by atoms with van der Waals surface area (Å²) in [5, 5.41) is 21.2. The van der Waals surface area contributed by atoms with Crippen LogP contribution in [0, 0.1) is 39.9 Å². The molecule has 2 unspecified atom stereocenters. The lowest BCUT2D eigenvalue weighted by atomic mass is 9.48. The summed E-state index contributed by atoms with van der Waals surface area (Å²) < 4.78 is 8.50. The van der Waals surface area contributed by atoms with Gasteiger partial charge in [0, 0.05) is 36.5 Å². The number of ether oxygens (including phenoxy) is 1. The fourth-order valence-electron chi connectivity index (χ4n) is 6.83. The highest BCUT2D eigenvalue weighted by Gasteiger charge is 2.56. The number of carbonyl (C=O) groups excluding carboxylic acids is 2. The van der Waals surface area contributed by atoms with Crippen molar-refractivity contribution in [2.45, 2.75) is 58.4 Å². The number of carbonyl (C=O) groups is 2. The third kappa shape index (κ3) is 4.49. The summed E-state index contributed by atoms with van der Waals surface area (Å²) >= 11 is 0. The highest BCUT2D eigenvalue weighted by Crippen LogP contribution is 2.60. The number of nitrogens with zero attached hydrogens (tertiary/aromatic N) is 5. The molecule has 35 heavy (non-hydrogen) atoms. The lowest BCUT2D eigenvalue weighted by Crippen LogP contribution is -2.60. The maximum Gasteiger partial charge on any atom is 0.293 e. The van der Waals surface area contributed by atoms with Gasteiger partial charge in [0.1, 0.15) is 5.56 Å². The topological polar surface area (TPSA) is 115 Å². The summed E-state index contributed by atoms with van der Waals surface area (Å²) in [6.45, 7) is 5.01. The molecular formula is C26H32N6O3. The van der Waals surface area contributed by atoms with E-state index in [0.717, 1.165) is 32.1 Å². The Bertz CT molecular complexity index is 1140. The highest BCUT2D eigenvalue weighted by atomic mass is 16.5. The van der Waals surface area contributed by atoms with E-state index >= 15 is 0 Å². The van der Waals surface area contributed by atoms with Crippen molar-refractivity contribution in [1.82, 2.24) is 24.9 Å². The van der Waals surface area contributed by atoms with E-state index in [4.69, 9.17) is 10.00 Å². The van der Waals surface area contributed by atoms with Crippen LogP contribution in [0.3, 0.4) is 0 Å². The molecule has 2 atom stereocenters. The Morgan fingerprint density at radius 3 is 2.74 bits per heavy atom. The smallest absolute Gasteiger partial charge is 0.293 e. The molecule has 0 aliphatic heterocycles. The van der Waals surface area contributed by atoms with Crippen LogP contribution in [0.25, 0.3) is 12.0 Å². The Morgan fingerprint density at radius 2 is 2.09 bits per heavy atom. The molecule has 184 valence electrons. The Balaban J connectivity index is 1.38. The molecule has 0 saturated heterocycles. The SMILES string of the molecule is CC(C)(/C=C/n1ncc(C(=O)N[C@H]2C3CC4CC2C[C@@](COC=O)(C4)C3)c1-n1cccn1)CC#N. The van der Waals surface area contributed by atoms with Crippen LogP contribution in [0.4, 0.5) is 0 Å². The molecule has 4 saturated carbocycles. The Labute approximate surface area is 205 Å². The number of rotatable bonds is 9. The first-order valence-electron chi connectivity index (χ1n) is 12.3. The van der Waals surface area contributed by atoms with Crippen molar-refractivity contribution < 1.29 is 14.3 Å². The van der Waals surface area contributed by atoms with E-state index in [1.54, 1.807) is 40.2 Å². The van der Waals surface area contributed by atoms with Gasteiger partial charge < -0.3 is 10.1 Å². The average molecular weight is 477 g/mol. The number of amides is 1. The van der Waals surface area contributed by atoms with Crippen molar-refractivity contribution in [2.24, 2.45) is 28.6 Å². The number of hydrogen-bond acceptors (Lipinski definition) is 6. The van der Waals surface area contributed by atoms with Crippen molar-refractivity contribution in [1.29, 1.82) is 5.26 Å². The van der Waals surface area contributed by atoms with Crippen molar-refractivity contribution in [3.8, 4) is 11.9 Å². The second kappa shape index (κ2) is 8.99. The molecule has 2 aromatic heterocycles. The number of nitriles is 1. The highest BCUT2D eigenvalue weighted by molar-refractivity contribution is 5.97. The van der Waals surface area contributed by atoms with E-state index in [1.165, 1.54) is 0 Å². The van der Waals surface area contributed by atoms with Crippen LogP contribution in [-0.4, -0.2) is 44.6 Å². The Hall–Kier alpha value is -3.41. The first-order valence-corrected chi connectivity index (χ1v) is 12.3. The second-order valence-electron chi connectivity index (χ2n) is 11.3. The third-order valence-corrected chi connectivity index (χ3v) is 8.09. The minimum Gasteiger partial charge on any atom is -0.467 e. The van der Waals surface area contributed by atoms with Gasteiger partial charge in [0.15, 0.2) is 5.82 Å². The summed E-state index contributed by atoms with van der Waals surface area (Å²) in [7, 11) is 0. The largest absolute Gasteiger partial charge is 0.467 e. The lowest BCUT2D eigenvalue weighted by molar-refractivity contribution is -0.143. The van der Waals surface area contributed by atoms with Gasteiger partial charge in [-0.2, -0.15) is 15.5 Å². The van der Waals surface area contributed by atoms with Gasteiger partial charge in [0.05, 0.1) is 18.9 Å². The molecule has 4 bridgehead atoms. The molecule has 0 spiro atoms. The summed E-state index contributed by atoms with van der Waals surface area (Å²) in [6.07, 6.45) is 14.5. The van der Waals surface area contributed by atoms with E-state index in [2.05, 4.69) is 21.6 Å². The van der Waals surface area contributed by atoms with Crippen molar-refractivity contribution in [3.63, 3.8) is 0 Å². The average Bonchev–Trinajstić information content (AvgIpc) is 3.48. The fraction of sp³-hybridized carbons (Fsp3) is 0.577. The van der Waals surface area contributed by atoms with E-state index in [-0.39, 0.29) is 22.8 Å². The van der Waals surface area contributed by atoms with Crippen molar-refractivity contribution >= 4 is 18.6 Å². The number of hydrogen-bond donors (Lipinski definition) is 1. The molecule has 2 heterocycles. The van der Waals surface area contributed by atoms with Gasteiger partial charge >= 0.3 is 0 Å². The summed E-state index contributed by atoms with van der Waals surface area (Å²) in [4.78, 5) is 24.4. The molecule has 0 aromatic carbocycles. The summed E-state index contributed by atoms with van der Waals surface area (Å²) in [5.74, 6) is 1.86. The number of allylic oxidation sites excluding steroid dienone is 1. The Kier molecular flexibility index (Phi) is 5.99. The summed E-state index contributed by atoms with van der Waals surface area (Å²) in [6, 6.07) is 4.13. The van der Waals surface area contributed by atoms with Crippen LogP contribution < -0.4 is 5.32 Å². The molecule has 0 radical (unpaired) electrons. The zero-order chi connectivity index (χ0) is 24.6. The zero-order valence-corrected chi connectivity index (χ0v) is 20.3. The van der Waals surface area contributed by atoms with Gasteiger partial charge in [-0.05, 0) is 61.3 Å². The van der Waals surface area contributed by atoms with Crippen LogP contribution in [0.1, 0.15) is 62.7 Å². The minimum absolute atomic E-state index is 0.0742. The van der Waals surface area contributed by atoms with E-state index < -0.39 is 0 Å². The third-order valence-electron chi connectivity index (χ3n) is 8.09. The maximum atomic E-state index is 13.6. The molecule has 4 aliphatic rings. The van der Waals surface area contributed by atoms with Crippen LogP contribution in [0.15, 0.2) is 30.7 Å². The van der Waals surface area contributed by atoms with Gasteiger partial charge in [0.25, 0.3) is 12.4 Å². The van der Waals surface area contributed by atoms with Gasteiger partial charge in [-0.25, -0.2) is 9.36 Å². The lowest BCUT2D eigenvalue weighted by Gasteiger charge is -2.59. The van der Waals surface area contributed by atoms with Crippen molar-refractivity contribution in [2.75, 3.05) is 6.61 Å². The predicted molar refractivity (Wildman–Crippen MR) is 128 cm³/mol. The summed E-state index contributed by atoms with van der Waals surface area (Å²) in [5.41, 5.74) is 0.211. The zero-order valence-electron chi connectivity index (χ0n) is 20.3. The predicted octanol–water partition coefficient (Wildman–Crippen LogP) is 3.58. The first-order chi connectivity index (χ1) is 16.8. The van der Waals surface area contributed by atoms with Gasteiger partial charge in [-0.3, -0.25) is 9.59 Å². The molecule has 9 nitrogen and oxygen atoms in total. The van der Waals surface area contributed by atoms with Gasteiger partial charge in [-0.1, -0.05) is 19.9 Å². The molecular weight excluding hydrogens is 444 g/mol. The van der Waals surface area contributed by atoms with Crippen LogP contribution in [0.5, 0.6) is 0 Å². The fourth-order valence-corrected chi connectivity index (χ4v) is 6.83. The Morgan fingerprint density at radius 1 is 1.31 bits per heavy atom. The molecule has 1 amide bonds. The van der Waals surface area contributed by atoms with Gasteiger partial charge in [0.2, 0.25) is 0 Å². The minimum atomic E-state index is -0.325. The quantitative estimate of drug-likeness (QED) is 0.553. The monoisotopic (exact) mass is 476 g/mol. The van der Waals surface area contributed by atoms with E-state index in [9.17, 15) is 9.59 Å². The first kappa shape index (κ1) is 23.3. The van der Waals surface area contributed by atoms with Crippen LogP contribution in [-0.2, 0) is 9.53 Å². The van der Waals surface area contributed by atoms with Crippen LogP contribution >= 0.6 is 0 Å². The standard InChI is InChI=1S/C26H32N6O3/c1-25(2,4-6-27)5-9-32-24(31-8-3-7-28-31)21(15-29-32)23(34)30-22-19-10-18-11-20(22)14-26(12-18,13-19)16-35-17-33/h3,5,7-9,15,17-20,22H,4,10-14,16H2,1-2H3,(H,30,34)/b9-5+/t18?,19?,20?,22-,26+. The molecule has 6 rings (SSSR count). The molecule has 4 aliphatic carbocycles.